The van der Waals surface area contributed by atoms with E-state index in [2.05, 4.69) is 16.0 Å². The molecule has 43 heavy (non-hydrogen) atoms. The molecule has 1 spiro atoms. The van der Waals surface area contributed by atoms with Crippen LogP contribution in [0.1, 0.15) is 47.1 Å². The number of anilines is 2. The van der Waals surface area contributed by atoms with E-state index in [-0.39, 0.29) is 25.3 Å². The number of para-hydroxylation sites is 1. The normalized spacial score (nSPS) is 19.8. The van der Waals surface area contributed by atoms with Gasteiger partial charge in [-0.2, -0.15) is 13.2 Å². The molecular weight excluding hydrogens is 557 g/mol. The molecule has 3 amide bonds. The second-order valence-corrected chi connectivity index (χ2v) is 11.9. The average molecular weight is 591 g/mol. The van der Waals surface area contributed by atoms with Crippen LogP contribution in [0, 0.1) is 5.41 Å². The van der Waals surface area contributed by atoms with Crippen LogP contribution in [0.15, 0.2) is 66.7 Å². The van der Waals surface area contributed by atoms with Gasteiger partial charge >= 0.3 is 6.18 Å². The van der Waals surface area contributed by atoms with Crippen LogP contribution in [0.5, 0.6) is 0 Å². The predicted molar refractivity (Wildman–Crippen MR) is 156 cm³/mol. The number of benzene rings is 3. The maximum atomic E-state index is 14.2. The van der Waals surface area contributed by atoms with Crippen molar-refractivity contribution in [3.05, 3.63) is 94.5 Å². The molecule has 0 saturated heterocycles. The first-order valence-corrected chi connectivity index (χ1v) is 14.5. The molecule has 224 valence electrons. The van der Waals surface area contributed by atoms with Gasteiger partial charge in [-0.25, -0.2) is 0 Å². The summed E-state index contributed by atoms with van der Waals surface area (Å²) in [5, 5.41) is 8.81. The van der Waals surface area contributed by atoms with Crippen molar-refractivity contribution in [3.8, 4) is 0 Å². The summed E-state index contributed by atoms with van der Waals surface area (Å²) in [4.78, 5) is 41.0. The lowest BCUT2D eigenvalue weighted by Gasteiger charge is -2.44. The highest BCUT2D eigenvalue weighted by molar-refractivity contribution is 6.07. The van der Waals surface area contributed by atoms with Crippen molar-refractivity contribution in [1.82, 2.24) is 10.2 Å². The largest absolute Gasteiger partial charge is 0.403 e. The lowest BCUT2D eigenvalue weighted by molar-refractivity contribution is -0.248. The third-order valence-electron chi connectivity index (χ3n) is 9.23. The number of fused-ring (bicyclic) bond motifs is 3. The van der Waals surface area contributed by atoms with Crippen LogP contribution in [0.3, 0.4) is 0 Å². The highest BCUT2D eigenvalue weighted by Crippen LogP contribution is 2.54. The van der Waals surface area contributed by atoms with Crippen LogP contribution in [-0.4, -0.2) is 42.4 Å². The molecule has 1 saturated carbocycles. The summed E-state index contributed by atoms with van der Waals surface area (Å²) >= 11 is 0. The summed E-state index contributed by atoms with van der Waals surface area (Å²) in [6, 6.07) is 20.2. The van der Waals surface area contributed by atoms with Crippen LogP contribution < -0.4 is 16.0 Å². The minimum atomic E-state index is -4.71. The first-order valence-electron chi connectivity index (χ1n) is 14.5. The quantitative estimate of drug-likeness (QED) is 0.341. The van der Waals surface area contributed by atoms with E-state index in [9.17, 15) is 27.6 Å². The summed E-state index contributed by atoms with van der Waals surface area (Å²) in [5.74, 6) is -1.71. The van der Waals surface area contributed by atoms with Gasteiger partial charge in [-0.1, -0.05) is 55.0 Å². The number of halogens is 3. The molecule has 1 aliphatic heterocycles. The molecule has 0 bridgehead atoms. The fourth-order valence-corrected chi connectivity index (χ4v) is 6.78. The van der Waals surface area contributed by atoms with E-state index in [0.29, 0.717) is 37.1 Å². The van der Waals surface area contributed by atoms with Crippen LogP contribution in [0.2, 0.25) is 0 Å². The number of carbonyl (C=O) groups is 3. The van der Waals surface area contributed by atoms with Gasteiger partial charge in [0.2, 0.25) is 17.7 Å². The Hall–Kier alpha value is -4.18. The minimum Gasteiger partial charge on any atom is -0.328 e. The standard InChI is InChI=1S/C33H33F3N4O3/c1-37-18-22-7-2-3-8-23(22)19-40(30(43)32(13-6-14-32)33(34,35)36)20-28(41)38-25-12-11-21-16-31(17-24(21)15-25)26-9-4-5-10-27(26)39-29(31)42/h2-5,7-12,15,37H,6,13-14,16-20H2,1H3,(H,38,41)(H,39,42). The number of nitrogens with one attached hydrogen (secondary N) is 3. The Labute approximate surface area is 247 Å². The molecule has 1 unspecified atom stereocenters. The van der Waals surface area contributed by atoms with Crippen molar-refractivity contribution in [3.63, 3.8) is 0 Å². The number of rotatable bonds is 8. The smallest absolute Gasteiger partial charge is 0.328 e. The zero-order chi connectivity index (χ0) is 30.4. The molecule has 3 aromatic rings. The Morgan fingerprint density at radius 1 is 0.953 bits per heavy atom. The number of hydrogen-bond acceptors (Lipinski definition) is 4. The number of alkyl halides is 3. The van der Waals surface area contributed by atoms with E-state index >= 15 is 0 Å². The van der Waals surface area contributed by atoms with Crippen molar-refractivity contribution >= 4 is 29.1 Å². The summed E-state index contributed by atoms with van der Waals surface area (Å²) in [7, 11) is 1.76. The number of amides is 3. The molecule has 3 aromatic carbocycles. The molecule has 3 aliphatic rings. The lowest BCUT2D eigenvalue weighted by atomic mass is 9.67. The predicted octanol–water partition coefficient (Wildman–Crippen LogP) is 5.09. The van der Waals surface area contributed by atoms with Gasteiger partial charge in [0.15, 0.2) is 0 Å². The Morgan fingerprint density at radius 2 is 1.65 bits per heavy atom. The maximum absolute atomic E-state index is 14.2. The van der Waals surface area contributed by atoms with Gasteiger partial charge in [0.05, 0.1) is 5.41 Å². The fraction of sp³-hybridized carbons (Fsp3) is 0.364. The Balaban J connectivity index is 1.22. The molecular formula is C33H33F3N4O3. The van der Waals surface area contributed by atoms with Crippen molar-refractivity contribution in [1.29, 1.82) is 0 Å². The second-order valence-electron chi connectivity index (χ2n) is 11.9. The van der Waals surface area contributed by atoms with Crippen LogP contribution in [0.4, 0.5) is 24.5 Å². The van der Waals surface area contributed by atoms with Crippen molar-refractivity contribution < 1.29 is 27.6 Å². The first-order chi connectivity index (χ1) is 20.6. The zero-order valence-electron chi connectivity index (χ0n) is 23.8. The van der Waals surface area contributed by atoms with E-state index in [4.69, 9.17) is 0 Å². The summed E-state index contributed by atoms with van der Waals surface area (Å²) in [6.45, 7) is -0.182. The van der Waals surface area contributed by atoms with E-state index in [1.54, 1.807) is 25.2 Å². The van der Waals surface area contributed by atoms with E-state index < -0.39 is 35.4 Å². The highest BCUT2D eigenvalue weighted by atomic mass is 19.4. The van der Waals surface area contributed by atoms with Gasteiger partial charge in [-0.05, 0) is 78.7 Å². The summed E-state index contributed by atoms with van der Waals surface area (Å²) in [6.07, 6.45) is -3.96. The molecule has 1 fully saturated rings. The molecule has 3 N–H and O–H groups in total. The molecule has 1 atom stereocenters. The van der Waals surface area contributed by atoms with E-state index in [0.717, 1.165) is 32.8 Å². The fourth-order valence-electron chi connectivity index (χ4n) is 6.78. The SMILES string of the molecule is CNCc1ccccc1CN(CC(=O)Nc1ccc2c(c1)CC1(C2)C(=O)Nc2ccccc21)C(=O)C1(C(F)(F)F)CCC1. The monoisotopic (exact) mass is 590 g/mol. The van der Waals surface area contributed by atoms with Gasteiger partial charge in [-0.15, -0.1) is 0 Å². The summed E-state index contributed by atoms with van der Waals surface area (Å²) < 4.78 is 42.5. The third kappa shape index (κ3) is 4.97. The molecule has 6 rings (SSSR count). The molecule has 0 radical (unpaired) electrons. The Kier molecular flexibility index (Phi) is 7.28. The third-order valence-corrected chi connectivity index (χ3v) is 9.23. The van der Waals surface area contributed by atoms with Crippen LogP contribution in [0.25, 0.3) is 0 Å². The van der Waals surface area contributed by atoms with Gasteiger partial charge in [-0.3, -0.25) is 14.4 Å². The molecule has 10 heteroatoms. The minimum absolute atomic E-state index is 0.0576. The van der Waals surface area contributed by atoms with Gasteiger partial charge in [0, 0.05) is 24.5 Å². The van der Waals surface area contributed by atoms with Crippen LogP contribution >= 0.6 is 0 Å². The van der Waals surface area contributed by atoms with E-state index in [1.165, 1.54) is 0 Å². The maximum Gasteiger partial charge on any atom is 0.403 e. The molecule has 0 aromatic heterocycles. The molecule has 1 heterocycles. The average Bonchev–Trinajstić information content (AvgIpc) is 3.44. The van der Waals surface area contributed by atoms with Gasteiger partial charge < -0.3 is 20.9 Å². The Bertz CT molecular complexity index is 1600. The number of hydrogen-bond donors (Lipinski definition) is 3. The molecule has 7 nitrogen and oxygen atoms in total. The topological polar surface area (TPSA) is 90.5 Å². The Morgan fingerprint density at radius 3 is 2.35 bits per heavy atom. The number of carbonyl (C=O) groups excluding carboxylic acids is 3. The first kappa shape index (κ1) is 28.9. The molecule has 2 aliphatic carbocycles. The van der Waals surface area contributed by atoms with Gasteiger partial charge in [0.25, 0.3) is 0 Å². The number of nitrogens with zero attached hydrogens (tertiary/aromatic N) is 1. The van der Waals surface area contributed by atoms with E-state index in [1.807, 2.05) is 48.5 Å². The highest BCUT2D eigenvalue weighted by Gasteiger charge is 2.64. The summed E-state index contributed by atoms with van der Waals surface area (Å²) in [5.41, 5.74) is 2.47. The van der Waals surface area contributed by atoms with Crippen LogP contribution in [-0.2, 0) is 45.7 Å². The van der Waals surface area contributed by atoms with Crippen molar-refractivity contribution in [2.24, 2.45) is 5.41 Å². The zero-order valence-corrected chi connectivity index (χ0v) is 23.8. The lowest BCUT2D eigenvalue weighted by Crippen LogP contribution is -2.57. The van der Waals surface area contributed by atoms with Gasteiger partial charge in [0.1, 0.15) is 12.0 Å². The second kappa shape index (κ2) is 10.8. The van der Waals surface area contributed by atoms with Crippen molar-refractivity contribution in [2.45, 2.75) is 56.8 Å². The van der Waals surface area contributed by atoms with Crippen molar-refractivity contribution in [2.75, 3.05) is 24.2 Å².